The van der Waals surface area contributed by atoms with Crippen molar-refractivity contribution < 1.29 is 4.79 Å². The van der Waals surface area contributed by atoms with E-state index >= 15 is 0 Å². The molecule has 0 N–H and O–H groups in total. The minimum atomic E-state index is -0.0493. The zero-order valence-electron chi connectivity index (χ0n) is 11.7. The molecule has 110 valence electrons. The number of amides is 1. The Labute approximate surface area is 142 Å². The number of carbonyl (C=O) groups excluding carboxylic acids is 1. The first kappa shape index (κ1) is 16.3. The van der Waals surface area contributed by atoms with Crippen molar-refractivity contribution in [2.75, 3.05) is 7.05 Å². The summed E-state index contributed by atoms with van der Waals surface area (Å²) in [5.41, 5.74) is 2.63. The van der Waals surface area contributed by atoms with Crippen molar-refractivity contribution in [3.8, 4) is 0 Å². The quantitative estimate of drug-likeness (QED) is 0.697. The number of aryl methyl sites for hydroxylation is 1. The fourth-order valence-corrected chi connectivity index (χ4v) is 2.94. The van der Waals surface area contributed by atoms with E-state index < -0.39 is 0 Å². The third-order valence-electron chi connectivity index (χ3n) is 3.11. The largest absolute Gasteiger partial charge is 0.337 e. The number of halogens is 3. The summed E-state index contributed by atoms with van der Waals surface area (Å²) in [4.78, 5) is 14.1. The number of nitrogens with zero attached hydrogens (tertiary/aromatic N) is 1. The molecule has 0 fully saturated rings. The summed E-state index contributed by atoms with van der Waals surface area (Å²) in [5, 5.41) is 1.13. The van der Waals surface area contributed by atoms with Crippen molar-refractivity contribution in [2.45, 2.75) is 13.5 Å². The van der Waals surface area contributed by atoms with E-state index in [-0.39, 0.29) is 5.91 Å². The monoisotopic (exact) mass is 385 g/mol. The van der Waals surface area contributed by atoms with Crippen LogP contribution in [-0.4, -0.2) is 17.9 Å². The summed E-state index contributed by atoms with van der Waals surface area (Å²) in [5.74, 6) is -0.0493. The molecule has 0 heterocycles. The van der Waals surface area contributed by atoms with Crippen LogP contribution in [0, 0.1) is 6.92 Å². The summed E-state index contributed by atoms with van der Waals surface area (Å²) in [7, 11) is 1.75. The molecule has 0 radical (unpaired) electrons. The number of benzene rings is 2. The van der Waals surface area contributed by atoms with Gasteiger partial charge in [0.1, 0.15) is 0 Å². The highest BCUT2D eigenvalue weighted by Gasteiger charge is 2.13. The molecule has 0 saturated heterocycles. The van der Waals surface area contributed by atoms with Crippen LogP contribution >= 0.6 is 39.1 Å². The van der Waals surface area contributed by atoms with Gasteiger partial charge in [-0.3, -0.25) is 4.79 Å². The average Bonchev–Trinajstić information content (AvgIpc) is 2.39. The van der Waals surface area contributed by atoms with Crippen LogP contribution in [0.3, 0.4) is 0 Å². The van der Waals surface area contributed by atoms with Crippen LogP contribution < -0.4 is 0 Å². The summed E-state index contributed by atoms with van der Waals surface area (Å²) >= 11 is 15.4. The molecule has 0 aliphatic rings. The highest BCUT2D eigenvalue weighted by molar-refractivity contribution is 9.10. The molecule has 0 spiro atoms. The Morgan fingerprint density at radius 3 is 2.33 bits per heavy atom. The number of rotatable bonds is 3. The maximum absolute atomic E-state index is 12.4. The Kier molecular flexibility index (Phi) is 5.31. The van der Waals surface area contributed by atoms with Gasteiger partial charge >= 0.3 is 0 Å². The molecule has 2 nitrogen and oxygen atoms in total. The lowest BCUT2D eigenvalue weighted by Gasteiger charge is -2.18. The fourth-order valence-electron chi connectivity index (χ4n) is 1.99. The highest BCUT2D eigenvalue weighted by atomic mass is 79.9. The topological polar surface area (TPSA) is 20.3 Å². The van der Waals surface area contributed by atoms with E-state index in [0.29, 0.717) is 22.2 Å². The first-order valence-corrected chi connectivity index (χ1v) is 7.88. The van der Waals surface area contributed by atoms with Crippen LogP contribution in [0.4, 0.5) is 0 Å². The van der Waals surface area contributed by atoms with Gasteiger partial charge in [-0.1, -0.05) is 45.2 Å². The first-order chi connectivity index (χ1) is 9.86. The second-order valence-corrected chi connectivity index (χ2v) is 6.63. The lowest BCUT2D eigenvalue weighted by molar-refractivity contribution is 0.0785. The Morgan fingerprint density at radius 1 is 1.14 bits per heavy atom. The average molecular weight is 387 g/mol. The second kappa shape index (κ2) is 6.82. The third kappa shape index (κ3) is 4.22. The molecule has 0 atom stereocenters. The van der Waals surface area contributed by atoms with Crippen LogP contribution in [-0.2, 0) is 6.54 Å². The van der Waals surface area contributed by atoms with E-state index in [2.05, 4.69) is 15.9 Å². The van der Waals surface area contributed by atoms with Crippen LogP contribution in [0.2, 0.25) is 10.0 Å². The Balaban J connectivity index is 2.17. The molecular weight excluding hydrogens is 373 g/mol. The van der Waals surface area contributed by atoms with Gasteiger partial charge in [-0.15, -0.1) is 0 Å². The van der Waals surface area contributed by atoms with Crippen LogP contribution in [0.5, 0.6) is 0 Å². The van der Waals surface area contributed by atoms with Gasteiger partial charge in [0, 0.05) is 33.7 Å². The minimum absolute atomic E-state index is 0.0493. The van der Waals surface area contributed by atoms with E-state index in [9.17, 15) is 4.79 Å². The molecule has 0 aliphatic carbocycles. The zero-order valence-corrected chi connectivity index (χ0v) is 14.8. The van der Waals surface area contributed by atoms with Crippen molar-refractivity contribution in [1.29, 1.82) is 0 Å². The smallest absolute Gasteiger partial charge is 0.253 e. The molecule has 0 saturated carbocycles. The van der Waals surface area contributed by atoms with Crippen molar-refractivity contribution in [2.24, 2.45) is 0 Å². The minimum Gasteiger partial charge on any atom is -0.337 e. The van der Waals surface area contributed by atoms with E-state index in [1.54, 1.807) is 18.0 Å². The SMILES string of the molecule is Cc1ccc(C(=O)N(C)Cc2cc(Cl)cc(Cl)c2)cc1Br. The summed E-state index contributed by atoms with van der Waals surface area (Å²) in [6.07, 6.45) is 0. The van der Waals surface area contributed by atoms with Crippen molar-refractivity contribution >= 4 is 45.0 Å². The van der Waals surface area contributed by atoms with E-state index in [4.69, 9.17) is 23.2 Å². The number of carbonyl (C=O) groups is 1. The molecule has 21 heavy (non-hydrogen) atoms. The Hall–Kier alpha value is -1.03. The van der Waals surface area contributed by atoms with Gasteiger partial charge in [-0.2, -0.15) is 0 Å². The zero-order chi connectivity index (χ0) is 15.6. The number of hydrogen-bond acceptors (Lipinski definition) is 1. The summed E-state index contributed by atoms with van der Waals surface area (Å²) < 4.78 is 0.924. The molecule has 2 rings (SSSR count). The van der Waals surface area contributed by atoms with Gasteiger partial charge in [0.25, 0.3) is 5.91 Å². The van der Waals surface area contributed by atoms with Crippen LogP contribution in [0.1, 0.15) is 21.5 Å². The van der Waals surface area contributed by atoms with Crippen molar-refractivity contribution in [3.63, 3.8) is 0 Å². The molecule has 0 aromatic heterocycles. The third-order valence-corrected chi connectivity index (χ3v) is 4.40. The summed E-state index contributed by atoms with van der Waals surface area (Å²) in [6, 6.07) is 10.9. The normalized spacial score (nSPS) is 10.5. The Morgan fingerprint density at radius 2 is 1.76 bits per heavy atom. The van der Waals surface area contributed by atoms with Gasteiger partial charge < -0.3 is 4.90 Å². The molecule has 1 amide bonds. The van der Waals surface area contributed by atoms with Crippen molar-refractivity contribution in [1.82, 2.24) is 4.90 Å². The van der Waals surface area contributed by atoms with E-state index in [1.165, 1.54) is 0 Å². The first-order valence-electron chi connectivity index (χ1n) is 6.33. The molecular formula is C16H14BrCl2NO. The predicted octanol–water partition coefficient (Wildman–Crippen LogP) is 5.34. The maximum atomic E-state index is 12.4. The van der Waals surface area contributed by atoms with Crippen LogP contribution in [0.15, 0.2) is 40.9 Å². The van der Waals surface area contributed by atoms with E-state index in [1.807, 2.05) is 37.3 Å². The second-order valence-electron chi connectivity index (χ2n) is 4.90. The van der Waals surface area contributed by atoms with E-state index in [0.717, 1.165) is 15.6 Å². The molecule has 0 aliphatic heterocycles. The lowest BCUT2D eigenvalue weighted by Crippen LogP contribution is -2.26. The van der Waals surface area contributed by atoms with Gasteiger partial charge in [0.05, 0.1) is 0 Å². The maximum Gasteiger partial charge on any atom is 0.253 e. The van der Waals surface area contributed by atoms with Crippen LogP contribution in [0.25, 0.3) is 0 Å². The predicted molar refractivity (Wildman–Crippen MR) is 91.1 cm³/mol. The number of hydrogen-bond donors (Lipinski definition) is 0. The standard InChI is InChI=1S/C16H14BrCl2NO/c1-10-3-4-12(7-15(10)17)16(21)20(2)9-11-5-13(18)8-14(19)6-11/h3-8H,9H2,1-2H3. The molecule has 5 heteroatoms. The van der Waals surface area contributed by atoms with Gasteiger partial charge in [-0.05, 0) is 48.4 Å². The molecule has 0 bridgehead atoms. The summed E-state index contributed by atoms with van der Waals surface area (Å²) in [6.45, 7) is 2.43. The molecule has 0 unspecified atom stereocenters. The fraction of sp³-hybridized carbons (Fsp3) is 0.188. The lowest BCUT2D eigenvalue weighted by atomic mass is 10.1. The van der Waals surface area contributed by atoms with Gasteiger partial charge in [-0.25, -0.2) is 0 Å². The highest BCUT2D eigenvalue weighted by Crippen LogP contribution is 2.21. The van der Waals surface area contributed by atoms with Crippen molar-refractivity contribution in [3.05, 3.63) is 67.6 Å². The van der Waals surface area contributed by atoms with Gasteiger partial charge in [0.15, 0.2) is 0 Å². The Bertz CT molecular complexity index is 668. The molecule has 2 aromatic rings. The van der Waals surface area contributed by atoms with Gasteiger partial charge in [0.2, 0.25) is 0 Å². The molecule has 2 aromatic carbocycles.